The molecule has 19 heavy (non-hydrogen) atoms. The first kappa shape index (κ1) is 12.2. The van der Waals surface area contributed by atoms with Crippen LogP contribution in [0.2, 0.25) is 0 Å². The number of aryl methyl sites for hydroxylation is 1. The van der Waals surface area contributed by atoms with Gasteiger partial charge in [0.25, 0.3) is 0 Å². The van der Waals surface area contributed by atoms with Crippen molar-refractivity contribution in [3.63, 3.8) is 0 Å². The molecule has 0 aliphatic rings. The van der Waals surface area contributed by atoms with Gasteiger partial charge in [0.15, 0.2) is 11.5 Å². The fourth-order valence-corrected chi connectivity index (χ4v) is 2.22. The van der Waals surface area contributed by atoms with Crippen molar-refractivity contribution in [2.24, 2.45) is 0 Å². The van der Waals surface area contributed by atoms with Crippen LogP contribution in [-0.2, 0) is 6.54 Å². The summed E-state index contributed by atoms with van der Waals surface area (Å²) in [5, 5.41) is 11.7. The summed E-state index contributed by atoms with van der Waals surface area (Å²) in [5.41, 5.74) is 3.18. The van der Waals surface area contributed by atoms with Crippen molar-refractivity contribution in [2.45, 2.75) is 13.5 Å². The van der Waals surface area contributed by atoms with Crippen LogP contribution < -0.4 is 5.32 Å². The molecular weight excluding hydrogens is 304 g/mol. The number of halogens is 1. The van der Waals surface area contributed by atoms with Gasteiger partial charge in [-0.1, -0.05) is 17.7 Å². The van der Waals surface area contributed by atoms with E-state index in [1.807, 2.05) is 22.7 Å². The molecule has 1 N–H and O–H groups in total. The third-order valence-electron chi connectivity index (χ3n) is 2.94. The van der Waals surface area contributed by atoms with Crippen LogP contribution in [0, 0.1) is 6.92 Å². The first-order valence-electron chi connectivity index (χ1n) is 6.02. The van der Waals surface area contributed by atoms with Crippen LogP contribution in [0.1, 0.15) is 11.4 Å². The lowest BCUT2D eigenvalue weighted by molar-refractivity contribution is 0.916. The third-order valence-corrected chi connectivity index (χ3v) is 3.41. The molecule has 96 valence electrons. The number of aromatic nitrogens is 3. The molecule has 0 fully saturated rings. The number of benzene rings is 1. The second kappa shape index (κ2) is 5.01. The predicted molar refractivity (Wildman–Crippen MR) is 79.2 cm³/mol. The topological polar surface area (TPSA) is 42.2 Å². The largest absolute Gasteiger partial charge is 0.378 e. The molecule has 0 atom stereocenters. The molecule has 0 amide bonds. The van der Waals surface area contributed by atoms with Crippen LogP contribution in [0.3, 0.4) is 0 Å². The first-order chi connectivity index (χ1) is 9.22. The molecule has 0 radical (unpaired) electrons. The van der Waals surface area contributed by atoms with E-state index in [-0.39, 0.29) is 0 Å². The molecule has 3 rings (SSSR count). The molecule has 5 heteroatoms. The Morgan fingerprint density at radius 2 is 1.89 bits per heavy atom. The summed E-state index contributed by atoms with van der Waals surface area (Å²) >= 11 is 3.46. The fraction of sp³-hybridized carbons (Fsp3) is 0.143. The van der Waals surface area contributed by atoms with Crippen LogP contribution in [0.15, 0.2) is 47.1 Å². The molecule has 3 aromatic rings. The average molecular weight is 317 g/mol. The molecular formula is C14H13BrN4. The van der Waals surface area contributed by atoms with Gasteiger partial charge in [-0.05, 0) is 47.1 Å². The van der Waals surface area contributed by atoms with Crippen LogP contribution in [0.4, 0.5) is 5.69 Å². The number of anilines is 1. The van der Waals surface area contributed by atoms with Gasteiger partial charge in [0, 0.05) is 16.4 Å². The van der Waals surface area contributed by atoms with E-state index in [9.17, 15) is 0 Å². The number of fused-ring (bicyclic) bond motifs is 1. The number of rotatable bonds is 3. The first-order valence-corrected chi connectivity index (χ1v) is 6.81. The van der Waals surface area contributed by atoms with E-state index in [4.69, 9.17) is 0 Å². The van der Waals surface area contributed by atoms with E-state index in [2.05, 4.69) is 62.6 Å². The molecule has 1 aromatic carbocycles. The van der Waals surface area contributed by atoms with Crippen LogP contribution in [0.5, 0.6) is 0 Å². The molecule has 0 aliphatic carbocycles. The van der Waals surface area contributed by atoms with Gasteiger partial charge in [-0.2, -0.15) is 0 Å². The van der Waals surface area contributed by atoms with Gasteiger partial charge < -0.3 is 5.32 Å². The van der Waals surface area contributed by atoms with Gasteiger partial charge in [-0.3, -0.25) is 4.40 Å². The minimum atomic E-state index is 0.640. The Hall–Kier alpha value is -1.88. The molecule has 0 aliphatic heterocycles. The lowest BCUT2D eigenvalue weighted by Crippen LogP contribution is -2.04. The Kier molecular flexibility index (Phi) is 3.21. The zero-order valence-corrected chi connectivity index (χ0v) is 12.1. The van der Waals surface area contributed by atoms with E-state index in [1.54, 1.807) is 0 Å². The maximum Gasteiger partial charge on any atom is 0.160 e. The summed E-state index contributed by atoms with van der Waals surface area (Å²) in [6.45, 7) is 2.72. The standard InChI is InChI=1S/C14H13BrN4/c1-10-2-5-12(6-3-10)16-8-14-18-17-13-7-4-11(15)9-19(13)14/h2-7,9,16H,8H2,1H3. The van der Waals surface area contributed by atoms with Gasteiger partial charge in [0.2, 0.25) is 0 Å². The lowest BCUT2D eigenvalue weighted by atomic mass is 10.2. The highest BCUT2D eigenvalue weighted by molar-refractivity contribution is 9.10. The van der Waals surface area contributed by atoms with Crippen molar-refractivity contribution < 1.29 is 0 Å². The number of pyridine rings is 1. The number of nitrogens with zero attached hydrogens (tertiary/aromatic N) is 3. The number of hydrogen-bond acceptors (Lipinski definition) is 3. The third kappa shape index (κ3) is 2.61. The number of nitrogens with one attached hydrogen (secondary N) is 1. The molecule has 0 saturated heterocycles. The van der Waals surface area contributed by atoms with E-state index >= 15 is 0 Å². The summed E-state index contributed by atoms with van der Waals surface area (Å²) in [4.78, 5) is 0. The monoisotopic (exact) mass is 316 g/mol. The minimum Gasteiger partial charge on any atom is -0.378 e. The Morgan fingerprint density at radius 1 is 1.11 bits per heavy atom. The summed E-state index contributed by atoms with van der Waals surface area (Å²) < 4.78 is 2.99. The van der Waals surface area contributed by atoms with Crippen molar-refractivity contribution >= 4 is 27.3 Å². The van der Waals surface area contributed by atoms with Crippen molar-refractivity contribution in [2.75, 3.05) is 5.32 Å². The minimum absolute atomic E-state index is 0.640. The highest BCUT2D eigenvalue weighted by Gasteiger charge is 2.05. The van der Waals surface area contributed by atoms with E-state index in [0.29, 0.717) is 6.54 Å². The highest BCUT2D eigenvalue weighted by atomic mass is 79.9. The van der Waals surface area contributed by atoms with Crippen molar-refractivity contribution in [1.29, 1.82) is 0 Å². The normalized spacial score (nSPS) is 10.8. The van der Waals surface area contributed by atoms with Crippen molar-refractivity contribution in [3.8, 4) is 0 Å². The Labute approximate surface area is 119 Å². The quantitative estimate of drug-likeness (QED) is 0.805. The second-order valence-corrected chi connectivity index (χ2v) is 5.33. The van der Waals surface area contributed by atoms with Gasteiger partial charge in [-0.15, -0.1) is 10.2 Å². The second-order valence-electron chi connectivity index (χ2n) is 4.41. The van der Waals surface area contributed by atoms with Gasteiger partial charge in [0.05, 0.1) is 6.54 Å². The van der Waals surface area contributed by atoms with Gasteiger partial charge >= 0.3 is 0 Å². The van der Waals surface area contributed by atoms with Crippen LogP contribution in [0.25, 0.3) is 5.65 Å². The fourth-order valence-electron chi connectivity index (χ4n) is 1.89. The summed E-state index contributed by atoms with van der Waals surface area (Å²) in [6, 6.07) is 12.2. The maximum atomic E-state index is 4.20. The predicted octanol–water partition coefficient (Wildman–Crippen LogP) is 3.41. The molecule has 0 saturated carbocycles. The number of hydrogen-bond donors (Lipinski definition) is 1. The van der Waals surface area contributed by atoms with Gasteiger partial charge in [0.1, 0.15) is 0 Å². The zero-order valence-electron chi connectivity index (χ0n) is 10.5. The zero-order chi connectivity index (χ0) is 13.2. The van der Waals surface area contributed by atoms with Gasteiger partial charge in [-0.25, -0.2) is 0 Å². The van der Waals surface area contributed by atoms with Crippen molar-refractivity contribution in [1.82, 2.24) is 14.6 Å². The Morgan fingerprint density at radius 3 is 2.68 bits per heavy atom. The smallest absolute Gasteiger partial charge is 0.160 e. The highest BCUT2D eigenvalue weighted by Crippen LogP contribution is 2.14. The molecule has 2 heterocycles. The Balaban J connectivity index is 1.81. The van der Waals surface area contributed by atoms with E-state index < -0.39 is 0 Å². The summed E-state index contributed by atoms with van der Waals surface area (Å²) in [6.07, 6.45) is 1.97. The van der Waals surface area contributed by atoms with E-state index in [0.717, 1.165) is 21.6 Å². The molecule has 0 unspecified atom stereocenters. The van der Waals surface area contributed by atoms with Crippen LogP contribution in [-0.4, -0.2) is 14.6 Å². The summed E-state index contributed by atoms with van der Waals surface area (Å²) in [7, 11) is 0. The molecule has 4 nitrogen and oxygen atoms in total. The average Bonchev–Trinajstić information content (AvgIpc) is 2.80. The molecule has 0 spiro atoms. The van der Waals surface area contributed by atoms with Crippen LogP contribution >= 0.6 is 15.9 Å². The SMILES string of the molecule is Cc1ccc(NCc2nnc3ccc(Br)cn23)cc1. The summed E-state index contributed by atoms with van der Waals surface area (Å²) in [5.74, 6) is 0.886. The maximum absolute atomic E-state index is 4.20. The van der Waals surface area contributed by atoms with E-state index in [1.165, 1.54) is 5.56 Å². The Bertz CT molecular complexity index is 703. The lowest BCUT2D eigenvalue weighted by Gasteiger charge is -2.05. The molecule has 2 aromatic heterocycles. The van der Waals surface area contributed by atoms with Crippen molar-refractivity contribution in [3.05, 3.63) is 58.5 Å². The molecule has 0 bridgehead atoms.